The van der Waals surface area contributed by atoms with Gasteiger partial charge in [-0.15, -0.1) is 6.58 Å². The maximum absolute atomic E-state index is 12.9. The van der Waals surface area contributed by atoms with E-state index in [1.54, 1.807) is 30.9 Å². The van der Waals surface area contributed by atoms with Crippen LogP contribution >= 0.6 is 11.8 Å². The van der Waals surface area contributed by atoms with Gasteiger partial charge in [-0.1, -0.05) is 23.9 Å². The average molecular weight is 401 g/mol. The summed E-state index contributed by atoms with van der Waals surface area (Å²) in [7, 11) is 3.36. The van der Waals surface area contributed by atoms with E-state index in [9.17, 15) is 9.59 Å². The number of anilines is 1. The van der Waals surface area contributed by atoms with Crippen LogP contribution in [0.2, 0.25) is 0 Å². The van der Waals surface area contributed by atoms with E-state index in [1.807, 2.05) is 19.1 Å². The van der Waals surface area contributed by atoms with Crippen molar-refractivity contribution in [2.24, 2.45) is 7.05 Å². The molecule has 1 atom stereocenters. The first-order valence-electron chi connectivity index (χ1n) is 8.95. The van der Waals surface area contributed by atoms with Gasteiger partial charge in [0.25, 0.3) is 5.56 Å². The van der Waals surface area contributed by atoms with E-state index in [2.05, 4.69) is 16.9 Å². The lowest BCUT2D eigenvalue weighted by molar-refractivity contribution is -0.116. The van der Waals surface area contributed by atoms with Crippen molar-refractivity contribution in [2.45, 2.75) is 24.4 Å². The zero-order valence-corrected chi connectivity index (χ0v) is 17.0. The summed E-state index contributed by atoms with van der Waals surface area (Å²) >= 11 is 1.39. The molecule has 0 spiro atoms. The number of carbonyl (C=O) groups excluding carboxylic acids is 1. The molecule has 1 aromatic heterocycles. The fourth-order valence-corrected chi connectivity index (χ4v) is 3.96. The van der Waals surface area contributed by atoms with Gasteiger partial charge in [-0.3, -0.25) is 9.59 Å². The first kappa shape index (κ1) is 20.0. The molecule has 2 heterocycles. The molecule has 1 aliphatic heterocycles. The quantitative estimate of drug-likeness (QED) is 0.436. The number of methoxy groups -OCH3 is 1. The van der Waals surface area contributed by atoms with Crippen molar-refractivity contribution in [1.82, 2.24) is 9.55 Å². The topological polar surface area (TPSA) is 82.5 Å². The van der Waals surface area contributed by atoms with Crippen LogP contribution < -0.4 is 20.3 Å². The fourth-order valence-electron chi connectivity index (χ4n) is 3.26. The van der Waals surface area contributed by atoms with E-state index in [4.69, 9.17) is 9.47 Å². The molecular formula is C20H23N3O4S. The van der Waals surface area contributed by atoms with Crippen LogP contribution in [0.15, 0.2) is 40.8 Å². The molecule has 1 N–H and O–H groups in total. The van der Waals surface area contributed by atoms with Crippen LogP contribution in [-0.4, -0.2) is 34.9 Å². The maximum atomic E-state index is 12.9. The molecule has 0 saturated heterocycles. The van der Waals surface area contributed by atoms with Crippen molar-refractivity contribution < 1.29 is 14.3 Å². The van der Waals surface area contributed by atoms with Crippen LogP contribution in [0, 0.1) is 0 Å². The second-order valence-corrected chi connectivity index (χ2v) is 7.26. The number of ether oxygens (including phenoxy) is 2. The molecule has 0 aliphatic carbocycles. The molecule has 0 bridgehead atoms. The maximum Gasteiger partial charge on any atom is 0.279 e. The predicted octanol–water partition coefficient (Wildman–Crippen LogP) is 2.94. The summed E-state index contributed by atoms with van der Waals surface area (Å²) in [6.07, 6.45) is 1.91. The lowest BCUT2D eigenvalue weighted by Gasteiger charge is -2.27. The minimum Gasteiger partial charge on any atom is -0.493 e. The predicted molar refractivity (Wildman–Crippen MR) is 110 cm³/mol. The van der Waals surface area contributed by atoms with Crippen LogP contribution in [0.3, 0.4) is 0 Å². The minimum atomic E-state index is -0.404. The normalized spacial score (nSPS) is 15.5. The van der Waals surface area contributed by atoms with Gasteiger partial charge in [-0.2, -0.15) is 4.98 Å². The Hall–Kier alpha value is -2.74. The summed E-state index contributed by atoms with van der Waals surface area (Å²) in [5.74, 6) is 1.74. The molecule has 1 unspecified atom stereocenters. The van der Waals surface area contributed by atoms with E-state index in [0.717, 1.165) is 5.56 Å². The van der Waals surface area contributed by atoms with Gasteiger partial charge in [0.05, 0.1) is 19.3 Å². The number of benzene rings is 1. The number of hydrogen-bond acceptors (Lipinski definition) is 6. The number of amides is 1. The second-order valence-electron chi connectivity index (χ2n) is 6.27. The highest BCUT2D eigenvalue weighted by atomic mass is 32.2. The largest absolute Gasteiger partial charge is 0.493 e. The Bertz CT molecular complexity index is 971. The number of aromatic nitrogens is 2. The molecule has 0 saturated carbocycles. The molecule has 1 amide bonds. The monoisotopic (exact) mass is 401 g/mol. The first-order chi connectivity index (χ1) is 13.5. The van der Waals surface area contributed by atoms with Gasteiger partial charge in [0.2, 0.25) is 5.91 Å². The third-order valence-electron chi connectivity index (χ3n) is 4.52. The van der Waals surface area contributed by atoms with E-state index < -0.39 is 5.92 Å². The molecule has 1 aromatic carbocycles. The SMILES string of the molecule is C=CCSc1nc(=O)c2c(n1C)NC(=O)CC2c1ccc(OC)c(OCC)c1. The molecule has 8 heteroatoms. The zero-order valence-electron chi connectivity index (χ0n) is 16.2. The Morgan fingerprint density at radius 1 is 1.39 bits per heavy atom. The minimum absolute atomic E-state index is 0.146. The third kappa shape index (κ3) is 3.77. The van der Waals surface area contributed by atoms with Gasteiger partial charge in [-0.25, -0.2) is 0 Å². The highest BCUT2D eigenvalue weighted by Gasteiger charge is 2.32. The van der Waals surface area contributed by atoms with Gasteiger partial charge in [0.15, 0.2) is 16.7 Å². The molecule has 0 radical (unpaired) electrons. The van der Waals surface area contributed by atoms with Crippen molar-refractivity contribution in [1.29, 1.82) is 0 Å². The highest BCUT2D eigenvalue weighted by molar-refractivity contribution is 7.99. The highest BCUT2D eigenvalue weighted by Crippen LogP contribution is 2.39. The molecule has 148 valence electrons. The van der Waals surface area contributed by atoms with Crippen LogP contribution in [0.1, 0.15) is 30.4 Å². The Morgan fingerprint density at radius 2 is 2.18 bits per heavy atom. The number of carbonyl (C=O) groups is 1. The van der Waals surface area contributed by atoms with E-state index in [0.29, 0.717) is 40.4 Å². The second kappa shape index (κ2) is 8.52. The summed E-state index contributed by atoms with van der Waals surface area (Å²) in [6, 6.07) is 5.47. The number of nitrogens with one attached hydrogen (secondary N) is 1. The van der Waals surface area contributed by atoms with Crippen LogP contribution in [0.5, 0.6) is 11.5 Å². The van der Waals surface area contributed by atoms with Gasteiger partial charge in [-0.05, 0) is 24.6 Å². The summed E-state index contributed by atoms with van der Waals surface area (Å²) in [4.78, 5) is 29.5. The lowest BCUT2D eigenvalue weighted by atomic mass is 9.86. The van der Waals surface area contributed by atoms with Crippen molar-refractivity contribution >= 4 is 23.5 Å². The fraction of sp³-hybridized carbons (Fsp3) is 0.350. The standard InChI is InChI=1S/C20H23N3O4S/c1-5-9-28-20-22-19(25)17-13(11-16(24)21-18(17)23(20)3)12-7-8-14(26-4)15(10-12)27-6-2/h5,7-8,10,13H,1,6,9,11H2,2-4H3,(H,21,24). The number of fused-ring (bicyclic) bond motifs is 1. The van der Waals surface area contributed by atoms with Gasteiger partial charge in [0.1, 0.15) is 5.82 Å². The summed E-state index contributed by atoms with van der Waals surface area (Å²) in [6.45, 7) is 6.06. The number of thioether (sulfide) groups is 1. The Balaban J connectivity index is 2.12. The summed E-state index contributed by atoms with van der Waals surface area (Å²) in [5, 5.41) is 3.37. The Kier molecular flexibility index (Phi) is 6.08. The zero-order chi connectivity index (χ0) is 20.3. The van der Waals surface area contributed by atoms with E-state index in [-0.39, 0.29) is 17.9 Å². The molecule has 28 heavy (non-hydrogen) atoms. The third-order valence-corrected chi connectivity index (χ3v) is 5.55. The lowest BCUT2D eigenvalue weighted by Crippen LogP contribution is -2.33. The number of hydrogen-bond donors (Lipinski definition) is 1. The molecular weight excluding hydrogens is 378 g/mol. The van der Waals surface area contributed by atoms with Crippen LogP contribution in [-0.2, 0) is 11.8 Å². The van der Waals surface area contributed by atoms with Crippen molar-refractivity contribution in [3.63, 3.8) is 0 Å². The van der Waals surface area contributed by atoms with Crippen LogP contribution in [0.4, 0.5) is 5.82 Å². The number of rotatable bonds is 7. The molecule has 7 nitrogen and oxygen atoms in total. The van der Waals surface area contributed by atoms with E-state index >= 15 is 0 Å². The summed E-state index contributed by atoms with van der Waals surface area (Å²) in [5.41, 5.74) is 0.960. The van der Waals surface area contributed by atoms with Gasteiger partial charge < -0.3 is 19.4 Å². The van der Waals surface area contributed by atoms with Gasteiger partial charge in [0, 0.05) is 25.1 Å². The van der Waals surface area contributed by atoms with Crippen molar-refractivity contribution in [3.05, 3.63) is 52.3 Å². The van der Waals surface area contributed by atoms with Crippen molar-refractivity contribution in [2.75, 3.05) is 24.8 Å². The van der Waals surface area contributed by atoms with Crippen molar-refractivity contribution in [3.8, 4) is 11.5 Å². The Morgan fingerprint density at radius 3 is 2.86 bits per heavy atom. The molecule has 1 aliphatic rings. The molecule has 2 aromatic rings. The molecule has 0 fully saturated rings. The van der Waals surface area contributed by atoms with Crippen LogP contribution in [0.25, 0.3) is 0 Å². The average Bonchev–Trinajstić information content (AvgIpc) is 2.69. The molecule has 3 rings (SSSR count). The smallest absolute Gasteiger partial charge is 0.279 e. The summed E-state index contributed by atoms with van der Waals surface area (Å²) < 4.78 is 12.7. The first-order valence-corrected chi connectivity index (χ1v) is 9.93. The Labute approximate surface area is 167 Å². The van der Waals surface area contributed by atoms with E-state index in [1.165, 1.54) is 11.8 Å². The number of nitrogens with zero attached hydrogens (tertiary/aromatic N) is 2. The van der Waals surface area contributed by atoms with Gasteiger partial charge >= 0.3 is 0 Å².